The molecular formula is C12H8BrN3. The normalized spacial score (nSPS) is 10.8. The number of aromatic nitrogens is 3. The quantitative estimate of drug-likeness (QED) is 0.739. The van der Waals surface area contributed by atoms with Gasteiger partial charge in [-0.05, 0) is 22.0 Å². The third-order valence-electron chi connectivity index (χ3n) is 2.44. The van der Waals surface area contributed by atoms with E-state index < -0.39 is 0 Å². The Kier molecular flexibility index (Phi) is 2.22. The summed E-state index contributed by atoms with van der Waals surface area (Å²) in [5, 5.41) is 8.23. The van der Waals surface area contributed by atoms with Crippen molar-refractivity contribution in [3.05, 3.63) is 47.1 Å². The molecule has 3 nitrogen and oxygen atoms in total. The molecule has 0 unspecified atom stereocenters. The van der Waals surface area contributed by atoms with E-state index in [9.17, 15) is 0 Å². The van der Waals surface area contributed by atoms with Crippen LogP contribution in [-0.2, 0) is 0 Å². The zero-order valence-corrected chi connectivity index (χ0v) is 9.90. The number of pyridine rings is 1. The fraction of sp³-hybridized carbons (Fsp3) is 0. The molecule has 16 heavy (non-hydrogen) atoms. The van der Waals surface area contributed by atoms with Crippen LogP contribution in [0.1, 0.15) is 0 Å². The smallest absolute Gasteiger partial charge is 0.181 e. The summed E-state index contributed by atoms with van der Waals surface area (Å²) in [4.78, 5) is 4.24. The summed E-state index contributed by atoms with van der Waals surface area (Å²) in [6.07, 6.45) is 1.75. The SMILES string of the molecule is Brc1cnc2n[nH]c(-c3ccccc3)c2c1. The highest BCUT2D eigenvalue weighted by Gasteiger charge is 2.08. The number of halogens is 1. The zero-order valence-electron chi connectivity index (χ0n) is 8.31. The Morgan fingerprint density at radius 3 is 2.75 bits per heavy atom. The molecule has 0 bridgehead atoms. The van der Waals surface area contributed by atoms with E-state index in [0.29, 0.717) is 0 Å². The second kappa shape index (κ2) is 3.72. The second-order valence-electron chi connectivity index (χ2n) is 3.49. The van der Waals surface area contributed by atoms with Crippen molar-refractivity contribution < 1.29 is 0 Å². The summed E-state index contributed by atoms with van der Waals surface area (Å²) in [5.41, 5.74) is 2.86. The van der Waals surface area contributed by atoms with Gasteiger partial charge in [0, 0.05) is 21.6 Å². The average molecular weight is 274 g/mol. The lowest BCUT2D eigenvalue weighted by Crippen LogP contribution is -1.78. The van der Waals surface area contributed by atoms with E-state index in [-0.39, 0.29) is 0 Å². The van der Waals surface area contributed by atoms with Gasteiger partial charge in [0.15, 0.2) is 5.65 Å². The molecule has 0 saturated heterocycles. The molecule has 3 aromatic rings. The average Bonchev–Trinajstić information content (AvgIpc) is 2.73. The molecule has 0 atom stereocenters. The maximum atomic E-state index is 4.24. The first-order valence-electron chi connectivity index (χ1n) is 4.89. The minimum Gasteiger partial charge on any atom is -0.275 e. The Morgan fingerprint density at radius 1 is 1.12 bits per heavy atom. The van der Waals surface area contributed by atoms with E-state index in [0.717, 1.165) is 26.8 Å². The topological polar surface area (TPSA) is 41.6 Å². The van der Waals surface area contributed by atoms with Crippen LogP contribution < -0.4 is 0 Å². The van der Waals surface area contributed by atoms with E-state index in [1.807, 2.05) is 36.4 Å². The van der Waals surface area contributed by atoms with Crippen molar-refractivity contribution in [2.45, 2.75) is 0 Å². The molecule has 0 aliphatic rings. The lowest BCUT2D eigenvalue weighted by molar-refractivity contribution is 1.10. The maximum Gasteiger partial charge on any atom is 0.181 e. The molecule has 0 aliphatic carbocycles. The minimum absolute atomic E-state index is 0.738. The van der Waals surface area contributed by atoms with Gasteiger partial charge in [0.2, 0.25) is 0 Å². The monoisotopic (exact) mass is 273 g/mol. The van der Waals surface area contributed by atoms with Crippen LogP contribution in [0.2, 0.25) is 0 Å². The number of rotatable bonds is 1. The van der Waals surface area contributed by atoms with Gasteiger partial charge >= 0.3 is 0 Å². The van der Waals surface area contributed by atoms with Gasteiger partial charge in [0.25, 0.3) is 0 Å². The van der Waals surface area contributed by atoms with E-state index in [4.69, 9.17) is 0 Å². The number of benzene rings is 1. The molecule has 78 valence electrons. The predicted octanol–water partition coefficient (Wildman–Crippen LogP) is 3.39. The minimum atomic E-state index is 0.738. The van der Waals surface area contributed by atoms with Gasteiger partial charge < -0.3 is 0 Å². The Balaban J connectivity index is 2.29. The number of aromatic amines is 1. The summed E-state index contributed by atoms with van der Waals surface area (Å²) in [6, 6.07) is 12.1. The highest BCUT2D eigenvalue weighted by atomic mass is 79.9. The highest BCUT2D eigenvalue weighted by Crippen LogP contribution is 2.26. The summed E-state index contributed by atoms with van der Waals surface area (Å²) >= 11 is 3.42. The van der Waals surface area contributed by atoms with Gasteiger partial charge in [-0.2, -0.15) is 5.10 Å². The lowest BCUT2D eigenvalue weighted by Gasteiger charge is -1.97. The van der Waals surface area contributed by atoms with Gasteiger partial charge in [0.05, 0.1) is 5.69 Å². The molecule has 0 amide bonds. The van der Waals surface area contributed by atoms with Gasteiger partial charge in [-0.1, -0.05) is 30.3 Å². The van der Waals surface area contributed by atoms with Crippen molar-refractivity contribution in [2.75, 3.05) is 0 Å². The van der Waals surface area contributed by atoms with Gasteiger partial charge in [-0.25, -0.2) is 4.98 Å². The fourth-order valence-corrected chi connectivity index (χ4v) is 2.03. The van der Waals surface area contributed by atoms with Crippen LogP contribution in [0.3, 0.4) is 0 Å². The number of H-pyrrole nitrogens is 1. The third-order valence-corrected chi connectivity index (χ3v) is 2.87. The van der Waals surface area contributed by atoms with Gasteiger partial charge in [-0.15, -0.1) is 0 Å². The number of hydrogen-bond acceptors (Lipinski definition) is 2. The fourth-order valence-electron chi connectivity index (χ4n) is 1.70. The summed E-state index contributed by atoms with van der Waals surface area (Å²) in [6.45, 7) is 0. The standard InChI is InChI=1S/C12H8BrN3/c13-9-6-10-11(8-4-2-1-3-5-8)15-16-12(10)14-7-9/h1-7H,(H,14,15,16). The molecular weight excluding hydrogens is 266 g/mol. The van der Waals surface area contributed by atoms with Crippen molar-refractivity contribution in [1.82, 2.24) is 15.2 Å². The van der Waals surface area contributed by atoms with Gasteiger partial charge in [-0.3, -0.25) is 5.10 Å². The van der Waals surface area contributed by atoms with Crippen molar-refractivity contribution in [3.63, 3.8) is 0 Å². The summed E-state index contributed by atoms with van der Waals surface area (Å²) in [5.74, 6) is 0. The van der Waals surface area contributed by atoms with Crippen LogP contribution in [-0.4, -0.2) is 15.2 Å². The van der Waals surface area contributed by atoms with E-state index >= 15 is 0 Å². The molecule has 0 fully saturated rings. The molecule has 2 aromatic heterocycles. The van der Waals surface area contributed by atoms with Crippen molar-refractivity contribution >= 4 is 27.0 Å². The van der Waals surface area contributed by atoms with Crippen LogP contribution >= 0.6 is 15.9 Å². The third kappa shape index (κ3) is 1.51. The molecule has 1 aromatic carbocycles. The molecule has 0 saturated carbocycles. The Bertz CT molecular complexity index is 631. The number of fused-ring (bicyclic) bond motifs is 1. The van der Waals surface area contributed by atoms with Crippen molar-refractivity contribution in [3.8, 4) is 11.3 Å². The molecule has 0 aliphatic heterocycles. The molecule has 2 heterocycles. The van der Waals surface area contributed by atoms with Crippen LogP contribution in [0.15, 0.2) is 47.1 Å². The van der Waals surface area contributed by atoms with E-state index in [1.54, 1.807) is 6.20 Å². The number of nitrogens with one attached hydrogen (secondary N) is 1. The molecule has 1 N–H and O–H groups in total. The van der Waals surface area contributed by atoms with Crippen LogP contribution in [0.4, 0.5) is 0 Å². The van der Waals surface area contributed by atoms with Gasteiger partial charge in [0.1, 0.15) is 0 Å². The first-order valence-corrected chi connectivity index (χ1v) is 5.69. The second-order valence-corrected chi connectivity index (χ2v) is 4.41. The zero-order chi connectivity index (χ0) is 11.0. The predicted molar refractivity (Wildman–Crippen MR) is 67.0 cm³/mol. The van der Waals surface area contributed by atoms with Crippen LogP contribution in [0.25, 0.3) is 22.3 Å². The molecule has 3 rings (SSSR count). The summed E-state index contributed by atoms with van der Waals surface area (Å²) in [7, 11) is 0. The number of nitrogens with zero attached hydrogens (tertiary/aromatic N) is 2. The van der Waals surface area contributed by atoms with Crippen LogP contribution in [0, 0.1) is 0 Å². The Hall–Kier alpha value is -1.68. The maximum absolute atomic E-state index is 4.24. The lowest BCUT2D eigenvalue weighted by atomic mass is 10.1. The Morgan fingerprint density at radius 2 is 1.94 bits per heavy atom. The van der Waals surface area contributed by atoms with Crippen LogP contribution in [0.5, 0.6) is 0 Å². The molecule has 0 radical (unpaired) electrons. The molecule has 4 heteroatoms. The van der Waals surface area contributed by atoms with E-state index in [1.165, 1.54) is 0 Å². The first-order chi connectivity index (χ1) is 7.84. The van der Waals surface area contributed by atoms with Crippen molar-refractivity contribution in [2.24, 2.45) is 0 Å². The largest absolute Gasteiger partial charge is 0.275 e. The first kappa shape index (κ1) is 9.54. The summed E-state index contributed by atoms with van der Waals surface area (Å²) < 4.78 is 0.957. The highest BCUT2D eigenvalue weighted by molar-refractivity contribution is 9.10. The number of hydrogen-bond donors (Lipinski definition) is 1. The van der Waals surface area contributed by atoms with E-state index in [2.05, 4.69) is 31.1 Å². The van der Waals surface area contributed by atoms with Crippen molar-refractivity contribution in [1.29, 1.82) is 0 Å². The molecule has 0 spiro atoms. The Labute approximate surface area is 101 Å².